The highest BCUT2D eigenvalue weighted by Gasteiger charge is 2.09. The smallest absolute Gasteiger partial charge is 0.277 e. The summed E-state index contributed by atoms with van der Waals surface area (Å²) < 4.78 is 7.99. The Labute approximate surface area is 164 Å². The van der Waals surface area contributed by atoms with Gasteiger partial charge in [-0.1, -0.05) is 31.9 Å². The van der Waals surface area contributed by atoms with Crippen molar-refractivity contribution < 1.29 is 14.6 Å². The Kier molecular flexibility index (Phi) is 6.82. The molecule has 8 heteroatoms. The van der Waals surface area contributed by atoms with E-state index in [9.17, 15) is 9.90 Å². The van der Waals surface area contributed by atoms with E-state index < -0.39 is 5.91 Å². The van der Waals surface area contributed by atoms with Crippen LogP contribution in [-0.4, -0.2) is 23.8 Å². The van der Waals surface area contributed by atoms with Gasteiger partial charge in [-0.2, -0.15) is 5.10 Å². The van der Waals surface area contributed by atoms with Crippen LogP contribution in [0.4, 0.5) is 0 Å². The largest absolute Gasteiger partial charge is 0.507 e. The minimum absolute atomic E-state index is 0.0712. The van der Waals surface area contributed by atoms with Gasteiger partial charge in [0.25, 0.3) is 5.91 Å². The third-order valence-electron chi connectivity index (χ3n) is 2.92. The predicted octanol–water partition coefficient (Wildman–Crippen LogP) is 4.52. The number of hydrogen-bond donors (Lipinski definition) is 2. The Morgan fingerprint density at radius 1 is 1.25 bits per heavy atom. The minimum atomic E-state index is -0.407. The fourth-order valence-electron chi connectivity index (χ4n) is 1.84. The van der Waals surface area contributed by atoms with Crippen LogP contribution in [-0.2, 0) is 4.79 Å². The van der Waals surface area contributed by atoms with Crippen molar-refractivity contribution in [2.24, 2.45) is 5.10 Å². The molecule has 2 N–H and O–H groups in total. The highest BCUT2D eigenvalue weighted by atomic mass is 79.9. The zero-order valence-electron chi connectivity index (χ0n) is 12.5. The zero-order valence-corrected chi connectivity index (χ0v) is 17.3. The van der Waals surface area contributed by atoms with E-state index in [4.69, 9.17) is 4.74 Å². The predicted molar refractivity (Wildman–Crippen MR) is 104 cm³/mol. The van der Waals surface area contributed by atoms with Crippen LogP contribution in [0.1, 0.15) is 11.1 Å². The number of ether oxygens (including phenoxy) is 1. The lowest BCUT2D eigenvalue weighted by Gasteiger charge is -2.10. The summed E-state index contributed by atoms with van der Waals surface area (Å²) in [5.74, 6) is 0.263. The number of amides is 1. The van der Waals surface area contributed by atoms with Crippen molar-refractivity contribution in [2.75, 3.05) is 6.61 Å². The van der Waals surface area contributed by atoms with Gasteiger partial charge in [0.15, 0.2) is 6.61 Å². The maximum atomic E-state index is 11.8. The molecule has 0 spiro atoms. The van der Waals surface area contributed by atoms with Crippen molar-refractivity contribution in [3.8, 4) is 11.5 Å². The number of phenols is 1. The summed E-state index contributed by atoms with van der Waals surface area (Å²) in [5, 5.41) is 13.5. The van der Waals surface area contributed by atoms with Gasteiger partial charge >= 0.3 is 0 Å². The summed E-state index contributed by atoms with van der Waals surface area (Å²) in [5.41, 5.74) is 3.73. The van der Waals surface area contributed by atoms with E-state index in [1.54, 1.807) is 12.1 Å². The summed E-state index contributed by atoms with van der Waals surface area (Å²) in [6.45, 7) is 1.71. The number of hydrazone groups is 1. The van der Waals surface area contributed by atoms with Gasteiger partial charge in [0.2, 0.25) is 0 Å². The van der Waals surface area contributed by atoms with Crippen LogP contribution < -0.4 is 10.2 Å². The second kappa shape index (κ2) is 8.64. The number of aryl methyl sites for hydroxylation is 1. The SMILES string of the molecule is Cc1cc(Br)cc(Br)c1OCC(=O)NN=Cc1cc(Br)ccc1O. The lowest BCUT2D eigenvalue weighted by Crippen LogP contribution is -2.24. The maximum absolute atomic E-state index is 11.8. The minimum Gasteiger partial charge on any atom is -0.507 e. The zero-order chi connectivity index (χ0) is 17.7. The number of carbonyl (C=O) groups is 1. The van der Waals surface area contributed by atoms with Crippen LogP contribution in [0.2, 0.25) is 0 Å². The van der Waals surface area contributed by atoms with Gasteiger partial charge in [-0.05, 0) is 58.7 Å². The van der Waals surface area contributed by atoms with Gasteiger partial charge in [0, 0.05) is 14.5 Å². The van der Waals surface area contributed by atoms with Crippen molar-refractivity contribution in [1.29, 1.82) is 0 Å². The first-order valence-corrected chi connectivity index (χ1v) is 9.13. The third-order valence-corrected chi connectivity index (χ3v) is 4.46. The number of halogens is 3. The lowest BCUT2D eigenvalue weighted by atomic mass is 10.2. The molecule has 2 aromatic rings. The van der Waals surface area contributed by atoms with Crippen LogP contribution in [0.3, 0.4) is 0 Å². The van der Waals surface area contributed by atoms with Gasteiger partial charge in [0.05, 0.1) is 10.7 Å². The molecule has 0 heterocycles. The van der Waals surface area contributed by atoms with Gasteiger partial charge in [-0.3, -0.25) is 4.79 Å². The molecular weight excluding hydrogens is 508 g/mol. The molecule has 2 rings (SSSR count). The quantitative estimate of drug-likeness (QED) is 0.450. The van der Waals surface area contributed by atoms with Crippen molar-refractivity contribution in [2.45, 2.75) is 6.92 Å². The molecule has 0 aliphatic heterocycles. The molecule has 0 atom stereocenters. The number of hydrogen-bond acceptors (Lipinski definition) is 4. The Bertz CT molecular complexity index is 771. The van der Waals surface area contributed by atoms with E-state index in [1.165, 1.54) is 12.3 Å². The maximum Gasteiger partial charge on any atom is 0.277 e. The van der Waals surface area contributed by atoms with Crippen molar-refractivity contribution >= 4 is 59.9 Å². The molecule has 24 heavy (non-hydrogen) atoms. The summed E-state index contributed by atoms with van der Waals surface area (Å²) in [6.07, 6.45) is 1.36. The Morgan fingerprint density at radius 3 is 2.71 bits per heavy atom. The first kappa shape index (κ1) is 19.0. The van der Waals surface area contributed by atoms with Crippen LogP contribution in [0.5, 0.6) is 11.5 Å². The van der Waals surface area contributed by atoms with Crippen LogP contribution >= 0.6 is 47.8 Å². The molecule has 0 saturated heterocycles. The number of nitrogens with zero attached hydrogens (tertiary/aromatic N) is 1. The number of nitrogens with one attached hydrogen (secondary N) is 1. The van der Waals surface area contributed by atoms with E-state index in [2.05, 4.69) is 58.3 Å². The molecule has 0 fully saturated rings. The fraction of sp³-hybridized carbons (Fsp3) is 0.125. The van der Waals surface area contributed by atoms with Gasteiger partial charge < -0.3 is 9.84 Å². The summed E-state index contributed by atoms with van der Waals surface area (Å²) in [6, 6.07) is 8.66. The van der Waals surface area contributed by atoms with E-state index >= 15 is 0 Å². The summed E-state index contributed by atoms with van der Waals surface area (Å²) >= 11 is 10.1. The fourth-order valence-corrected chi connectivity index (χ4v) is 3.78. The number of rotatable bonds is 5. The molecule has 0 unspecified atom stereocenters. The molecule has 0 aromatic heterocycles. The molecular formula is C16H13Br3N2O3. The summed E-state index contributed by atoms with van der Waals surface area (Å²) in [7, 11) is 0. The van der Waals surface area contributed by atoms with Gasteiger partial charge in [0.1, 0.15) is 11.5 Å². The van der Waals surface area contributed by atoms with E-state index in [-0.39, 0.29) is 12.4 Å². The molecule has 0 saturated carbocycles. The van der Waals surface area contributed by atoms with Crippen LogP contribution in [0.25, 0.3) is 0 Å². The highest BCUT2D eigenvalue weighted by molar-refractivity contribution is 9.11. The van der Waals surface area contributed by atoms with Gasteiger partial charge in [-0.25, -0.2) is 5.43 Å². The molecule has 5 nitrogen and oxygen atoms in total. The Hall–Kier alpha value is -1.38. The van der Waals surface area contributed by atoms with Crippen molar-refractivity contribution in [3.63, 3.8) is 0 Å². The third kappa shape index (κ3) is 5.32. The average Bonchev–Trinajstić information content (AvgIpc) is 2.49. The topological polar surface area (TPSA) is 70.9 Å². The molecule has 1 amide bonds. The Balaban J connectivity index is 1.92. The highest BCUT2D eigenvalue weighted by Crippen LogP contribution is 2.32. The monoisotopic (exact) mass is 518 g/mol. The molecule has 126 valence electrons. The molecule has 2 aromatic carbocycles. The van der Waals surface area contributed by atoms with E-state index in [0.717, 1.165) is 19.0 Å². The number of aromatic hydroxyl groups is 1. The first-order chi connectivity index (χ1) is 11.4. The number of benzene rings is 2. The number of carbonyl (C=O) groups excluding carboxylic acids is 1. The normalized spacial score (nSPS) is 10.8. The second-order valence-corrected chi connectivity index (χ2v) is 7.50. The van der Waals surface area contributed by atoms with Crippen molar-refractivity contribution in [3.05, 3.63) is 54.9 Å². The first-order valence-electron chi connectivity index (χ1n) is 6.75. The molecule has 0 bridgehead atoms. The molecule has 0 radical (unpaired) electrons. The van der Waals surface area contributed by atoms with Crippen molar-refractivity contribution in [1.82, 2.24) is 5.43 Å². The average molecular weight is 521 g/mol. The van der Waals surface area contributed by atoms with Crippen LogP contribution in [0.15, 0.2) is 48.9 Å². The second-order valence-electron chi connectivity index (χ2n) is 4.82. The van der Waals surface area contributed by atoms with Crippen LogP contribution in [0, 0.1) is 6.92 Å². The lowest BCUT2D eigenvalue weighted by molar-refractivity contribution is -0.123. The summed E-state index contributed by atoms with van der Waals surface area (Å²) in [4.78, 5) is 11.8. The molecule has 0 aliphatic rings. The standard InChI is InChI=1S/C16H13Br3N2O3/c1-9-4-12(18)6-13(19)16(9)24-8-15(23)21-20-7-10-5-11(17)2-3-14(10)22/h2-7,22H,8H2,1H3,(H,21,23). The Morgan fingerprint density at radius 2 is 2.00 bits per heavy atom. The molecule has 0 aliphatic carbocycles. The van der Waals surface area contributed by atoms with Gasteiger partial charge in [-0.15, -0.1) is 0 Å². The van der Waals surface area contributed by atoms with E-state index in [1.807, 2.05) is 19.1 Å². The number of phenolic OH excluding ortho intramolecular Hbond substituents is 1. The van der Waals surface area contributed by atoms with E-state index in [0.29, 0.717) is 11.3 Å².